The number of hydrogen-bond acceptors (Lipinski definition) is 4. The van der Waals surface area contributed by atoms with Gasteiger partial charge in [-0.05, 0) is 100 Å². The van der Waals surface area contributed by atoms with Gasteiger partial charge in [-0.2, -0.15) is 0 Å². The van der Waals surface area contributed by atoms with E-state index in [0.717, 1.165) is 30.2 Å². The normalized spacial score (nSPS) is 17.4. The Bertz CT molecular complexity index is 1310. The summed E-state index contributed by atoms with van der Waals surface area (Å²) in [6, 6.07) is 21.0. The quantitative estimate of drug-likeness (QED) is 0.296. The molecule has 6 nitrogen and oxygen atoms in total. The van der Waals surface area contributed by atoms with Gasteiger partial charge in [0, 0.05) is 42.0 Å². The molecule has 0 spiro atoms. The molecule has 1 aliphatic heterocycles. The molecule has 3 aromatic heterocycles. The third-order valence-electron chi connectivity index (χ3n) is 7.13. The third kappa shape index (κ3) is 4.39. The molecule has 5 rings (SSSR count). The molecule has 1 aliphatic rings. The Morgan fingerprint density at radius 2 is 1.81 bits per heavy atom. The number of thiocarbonyl (C=S) groups is 1. The number of pyridine rings is 1. The summed E-state index contributed by atoms with van der Waals surface area (Å²) in [6.45, 7) is 11.3. The number of furan rings is 1. The van der Waals surface area contributed by atoms with Crippen LogP contribution in [0, 0.1) is 13.8 Å². The first-order valence-corrected chi connectivity index (χ1v) is 13.0. The zero-order valence-electron chi connectivity index (χ0n) is 21.3. The predicted molar refractivity (Wildman–Crippen MR) is 149 cm³/mol. The lowest BCUT2D eigenvalue weighted by Gasteiger charge is -2.27. The Hall–Kier alpha value is -3.58. The second-order valence-electron chi connectivity index (χ2n) is 9.18. The zero-order valence-corrected chi connectivity index (χ0v) is 22.1. The third-order valence-corrected chi connectivity index (χ3v) is 7.48. The van der Waals surface area contributed by atoms with Crippen LogP contribution >= 0.6 is 12.2 Å². The number of benzene rings is 1. The van der Waals surface area contributed by atoms with Crippen molar-refractivity contribution in [3.63, 3.8) is 0 Å². The van der Waals surface area contributed by atoms with Crippen molar-refractivity contribution in [2.45, 2.75) is 46.3 Å². The highest BCUT2D eigenvalue weighted by molar-refractivity contribution is 7.80. The van der Waals surface area contributed by atoms with Gasteiger partial charge in [-0.25, -0.2) is 0 Å². The fraction of sp³-hybridized carbons (Fsp3) is 0.310. The molecular formula is C29H33N5OS. The highest BCUT2D eigenvalue weighted by atomic mass is 32.1. The molecule has 36 heavy (non-hydrogen) atoms. The maximum Gasteiger partial charge on any atom is 0.170 e. The van der Waals surface area contributed by atoms with Gasteiger partial charge in [0.15, 0.2) is 5.11 Å². The first-order chi connectivity index (χ1) is 17.5. The molecule has 1 fully saturated rings. The summed E-state index contributed by atoms with van der Waals surface area (Å²) in [5.74, 6) is 0.881. The minimum atomic E-state index is -0.0624. The number of aryl methyl sites for hydroxylation is 1. The molecule has 0 radical (unpaired) electrons. The van der Waals surface area contributed by atoms with Crippen molar-refractivity contribution in [2.75, 3.05) is 18.0 Å². The van der Waals surface area contributed by atoms with E-state index in [-0.39, 0.29) is 12.1 Å². The van der Waals surface area contributed by atoms with E-state index in [1.807, 2.05) is 30.5 Å². The van der Waals surface area contributed by atoms with E-state index in [9.17, 15) is 0 Å². The monoisotopic (exact) mass is 499 g/mol. The Labute approximate surface area is 218 Å². The number of rotatable bonds is 8. The van der Waals surface area contributed by atoms with Crippen LogP contribution < -0.4 is 10.2 Å². The van der Waals surface area contributed by atoms with Gasteiger partial charge in [0.25, 0.3) is 0 Å². The number of nitrogens with one attached hydrogen (secondary N) is 1. The Morgan fingerprint density at radius 3 is 2.44 bits per heavy atom. The summed E-state index contributed by atoms with van der Waals surface area (Å²) in [4.78, 5) is 9.26. The topological polar surface area (TPSA) is 49.5 Å². The average molecular weight is 500 g/mol. The summed E-state index contributed by atoms with van der Waals surface area (Å²) in [6.07, 6.45) is 3.55. The van der Waals surface area contributed by atoms with Crippen LogP contribution in [0.2, 0.25) is 0 Å². The van der Waals surface area contributed by atoms with Gasteiger partial charge < -0.3 is 24.1 Å². The highest BCUT2D eigenvalue weighted by Gasteiger charge is 2.41. The van der Waals surface area contributed by atoms with Crippen LogP contribution in [-0.2, 0) is 6.54 Å². The SMILES string of the molecule is CCN(CC)c1ccc(-n2c(C)cc([C@H]3[C@H](c4ccccn4)NC(=S)N3Cc3ccco3)c2C)cc1. The largest absolute Gasteiger partial charge is 0.467 e. The summed E-state index contributed by atoms with van der Waals surface area (Å²) >= 11 is 5.84. The van der Waals surface area contributed by atoms with Gasteiger partial charge in [0.05, 0.1) is 30.6 Å². The average Bonchev–Trinajstić information content (AvgIpc) is 3.60. The molecular weight excluding hydrogens is 466 g/mol. The second kappa shape index (κ2) is 10.2. The smallest absolute Gasteiger partial charge is 0.170 e. The molecule has 7 heteroatoms. The molecule has 2 atom stereocenters. The fourth-order valence-corrected chi connectivity index (χ4v) is 5.68. The molecule has 0 saturated carbocycles. The Morgan fingerprint density at radius 1 is 1.03 bits per heavy atom. The second-order valence-corrected chi connectivity index (χ2v) is 9.57. The van der Waals surface area contributed by atoms with Crippen LogP contribution in [-0.4, -0.2) is 32.7 Å². The van der Waals surface area contributed by atoms with Crippen LogP contribution in [0.15, 0.2) is 77.5 Å². The lowest BCUT2D eigenvalue weighted by atomic mass is 9.96. The molecule has 0 aliphatic carbocycles. The molecule has 0 bridgehead atoms. The van der Waals surface area contributed by atoms with E-state index in [2.05, 4.69) is 88.8 Å². The first-order valence-electron chi connectivity index (χ1n) is 12.6. The summed E-state index contributed by atoms with van der Waals surface area (Å²) in [5.41, 5.74) is 7.00. The molecule has 1 saturated heterocycles. The van der Waals surface area contributed by atoms with E-state index in [4.69, 9.17) is 16.6 Å². The number of hydrogen-bond donors (Lipinski definition) is 1. The zero-order chi connectivity index (χ0) is 25.2. The minimum Gasteiger partial charge on any atom is -0.467 e. The van der Waals surface area contributed by atoms with Crippen LogP contribution in [0.3, 0.4) is 0 Å². The Balaban J connectivity index is 1.56. The van der Waals surface area contributed by atoms with E-state index in [1.165, 1.54) is 22.6 Å². The summed E-state index contributed by atoms with van der Waals surface area (Å²) in [7, 11) is 0. The van der Waals surface area contributed by atoms with Crippen molar-refractivity contribution in [2.24, 2.45) is 0 Å². The van der Waals surface area contributed by atoms with E-state index in [1.54, 1.807) is 6.26 Å². The Kier molecular flexibility index (Phi) is 6.83. The molecule has 0 unspecified atom stereocenters. The summed E-state index contributed by atoms with van der Waals surface area (Å²) in [5, 5.41) is 4.26. The van der Waals surface area contributed by atoms with Crippen LogP contribution in [0.4, 0.5) is 5.69 Å². The van der Waals surface area contributed by atoms with Crippen molar-refractivity contribution in [1.82, 2.24) is 19.8 Å². The van der Waals surface area contributed by atoms with Crippen molar-refractivity contribution in [1.29, 1.82) is 0 Å². The molecule has 4 heterocycles. The lowest BCUT2D eigenvalue weighted by molar-refractivity contribution is 0.286. The van der Waals surface area contributed by atoms with Crippen LogP contribution in [0.5, 0.6) is 0 Å². The van der Waals surface area contributed by atoms with E-state index in [0.29, 0.717) is 11.7 Å². The molecule has 1 N–H and O–H groups in total. The molecule has 0 amide bonds. The van der Waals surface area contributed by atoms with Crippen molar-refractivity contribution in [3.05, 3.63) is 102 Å². The van der Waals surface area contributed by atoms with Gasteiger partial charge in [0.1, 0.15) is 5.76 Å². The van der Waals surface area contributed by atoms with Crippen molar-refractivity contribution in [3.8, 4) is 5.69 Å². The summed E-state index contributed by atoms with van der Waals surface area (Å²) < 4.78 is 8.03. The predicted octanol–water partition coefficient (Wildman–Crippen LogP) is 6.10. The molecule has 4 aromatic rings. The lowest BCUT2D eigenvalue weighted by Crippen LogP contribution is -2.29. The molecule has 186 valence electrons. The maximum atomic E-state index is 5.84. The van der Waals surface area contributed by atoms with Crippen LogP contribution in [0.1, 0.15) is 54.3 Å². The van der Waals surface area contributed by atoms with Crippen LogP contribution in [0.25, 0.3) is 5.69 Å². The maximum absolute atomic E-state index is 5.84. The minimum absolute atomic E-state index is 0.0209. The number of anilines is 1. The van der Waals surface area contributed by atoms with Gasteiger partial charge in [-0.1, -0.05) is 6.07 Å². The van der Waals surface area contributed by atoms with E-state index >= 15 is 0 Å². The van der Waals surface area contributed by atoms with Crippen molar-refractivity contribution < 1.29 is 4.42 Å². The van der Waals surface area contributed by atoms with Gasteiger partial charge in [-0.3, -0.25) is 4.98 Å². The van der Waals surface area contributed by atoms with Gasteiger partial charge in [-0.15, -0.1) is 0 Å². The van der Waals surface area contributed by atoms with Gasteiger partial charge >= 0.3 is 0 Å². The number of aromatic nitrogens is 2. The highest BCUT2D eigenvalue weighted by Crippen LogP contribution is 2.42. The first kappa shape index (κ1) is 24.1. The van der Waals surface area contributed by atoms with Crippen molar-refractivity contribution >= 4 is 23.0 Å². The number of nitrogens with zero attached hydrogens (tertiary/aromatic N) is 4. The standard InChI is InChI=1S/C29H33N5OS/c1-5-32(6-2)22-12-14-23(15-13-22)34-20(3)18-25(21(34)4)28-27(26-11-7-8-16-30-26)31-29(36)33(28)19-24-10-9-17-35-24/h7-18,27-28H,5-6,19H2,1-4H3,(H,31,36)/t27-,28-/m0/s1. The molecule has 1 aromatic carbocycles. The fourth-order valence-electron chi connectivity index (χ4n) is 5.37. The van der Waals surface area contributed by atoms with E-state index < -0.39 is 0 Å². The van der Waals surface area contributed by atoms with Gasteiger partial charge in [0.2, 0.25) is 0 Å².